The number of sulfonamides is 1. The lowest BCUT2D eigenvalue weighted by Gasteiger charge is -2.31. The van der Waals surface area contributed by atoms with Gasteiger partial charge in [0.15, 0.2) is 0 Å². The van der Waals surface area contributed by atoms with E-state index in [0.29, 0.717) is 13.1 Å². The molecule has 1 atom stereocenters. The van der Waals surface area contributed by atoms with Crippen molar-refractivity contribution in [3.05, 3.63) is 30.2 Å². The maximum atomic E-state index is 12.6. The Balaban J connectivity index is 1.60. The highest BCUT2D eigenvalue weighted by Gasteiger charge is 2.34. The molecular weight excluding hydrogens is 304 g/mol. The van der Waals surface area contributed by atoms with Crippen LogP contribution in [0.2, 0.25) is 0 Å². The summed E-state index contributed by atoms with van der Waals surface area (Å²) in [4.78, 5) is 0.222. The minimum atomic E-state index is -3.47. The molecule has 4 heterocycles. The van der Waals surface area contributed by atoms with Gasteiger partial charge in [0, 0.05) is 32.0 Å². The fourth-order valence-electron chi connectivity index (χ4n) is 3.39. The number of hydrogen-bond acceptors (Lipinski definition) is 5. The topological polar surface area (TPSA) is 81.2 Å². The van der Waals surface area contributed by atoms with Crippen LogP contribution in [0.1, 0.15) is 36.8 Å². The molecule has 118 valence electrons. The van der Waals surface area contributed by atoms with E-state index in [1.165, 1.54) is 18.6 Å². The van der Waals surface area contributed by atoms with Gasteiger partial charge in [-0.1, -0.05) is 0 Å². The Morgan fingerprint density at radius 2 is 2.14 bits per heavy atom. The van der Waals surface area contributed by atoms with Gasteiger partial charge in [0.05, 0.1) is 6.26 Å². The lowest BCUT2D eigenvalue weighted by atomic mass is 9.99. The van der Waals surface area contributed by atoms with Crippen molar-refractivity contribution >= 4 is 10.0 Å². The van der Waals surface area contributed by atoms with E-state index < -0.39 is 10.0 Å². The van der Waals surface area contributed by atoms with Gasteiger partial charge in [0.25, 0.3) is 0 Å². The van der Waals surface area contributed by atoms with Gasteiger partial charge in [-0.3, -0.25) is 0 Å². The number of hydrogen-bond donors (Lipinski definition) is 0. The second-order valence-electron chi connectivity index (χ2n) is 5.89. The third kappa shape index (κ3) is 2.17. The van der Waals surface area contributed by atoms with Gasteiger partial charge >= 0.3 is 0 Å². The first kappa shape index (κ1) is 14.0. The summed E-state index contributed by atoms with van der Waals surface area (Å²) >= 11 is 0. The Hall–Kier alpha value is -1.67. The molecular formula is C14H18N4O3S. The summed E-state index contributed by atoms with van der Waals surface area (Å²) in [6.07, 6.45) is 6.53. The van der Waals surface area contributed by atoms with Gasteiger partial charge in [-0.05, 0) is 25.3 Å². The molecule has 0 amide bonds. The summed E-state index contributed by atoms with van der Waals surface area (Å²) in [6, 6.07) is 1.49. The first-order valence-corrected chi connectivity index (χ1v) is 9.04. The second-order valence-corrected chi connectivity index (χ2v) is 7.83. The molecule has 0 aliphatic carbocycles. The van der Waals surface area contributed by atoms with Crippen molar-refractivity contribution in [3.8, 4) is 0 Å². The zero-order valence-electron chi connectivity index (χ0n) is 12.2. The van der Waals surface area contributed by atoms with E-state index >= 15 is 0 Å². The Kier molecular flexibility index (Phi) is 3.30. The van der Waals surface area contributed by atoms with Crippen molar-refractivity contribution in [2.45, 2.75) is 43.0 Å². The average Bonchev–Trinajstić information content (AvgIpc) is 3.24. The highest BCUT2D eigenvalue weighted by atomic mass is 32.2. The summed E-state index contributed by atoms with van der Waals surface area (Å²) in [5, 5.41) is 8.55. The highest BCUT2D eigenvalue weighted by molar-refractivity contribution is 7.89. The van der Waals surface area contributed by atoms with Crippen LogP contribution in [0.15, 0.2) is 27.9 Å². The fourth-order valence-corrected chi connectivity index (χ4v) is 4.84. The largest absolute Gasteiger partial charge is 0.471 e. The van der Waals surface area contributed by atoms with Crippen molar-refractivity contribution in [2.24, 2.45) is 0 Å². The maximum absolute atomic E-state index is 12.6. The second kappa shape index (κ2) is 5.20. The monoisotopic (exact) mass is 322 g/mol. The highest BCUT2D eigenvalue weighted by Crippen LogP contribution is 2.31. The van der Waals surface area contributed by atoms with E-state index in [1.807, 2.05) is 0 Å². The van der Waals surface area contributed by atoms with Crippen LogP contribution in [0.4, 0.5) is 0 Å². The lowest BCUT2D eigenvalue weighted by Crippen LogP contribution is -2.39. The number of piperidine rings is 1. The molecule has 0 spiro atoms. The van der Waals surface area contributed by atoms with E-state index in [9.17, 15) is 8.42 Å². The van der Waals surface area contributed by atoms with Gasteiger partial charge in [-0.25, -0.2) is 8.42 Å². The Morgan fingerprint density at radius 3 is 2.95 bits per heavy atom. The van der Waals surface area contributed by atoms with Crippen LogP contribution in [0.3, 0.4) is 0 Å². The minimum Gasteiger partial charge on any atom is -0.471 e. The summed E-state index contributed by atoms with van der Waals surface area (Å²) in [5.74, 6) is 2.10. The van der Waals surface area contributed by atoms with Gasteiger partial charge in [-0.15, -0.1) is 10.2 Å². The van der Waals surface area contributed by atoms with Crippen LogP contribution >= 0.6 is 0 Å². The first-order valence-electron chi connectivity index (χ1n) is 7.60. The summed E-state index contributed by atoms with van der Waals surface area (Å²) < 4.78 is 33.9. The molecule has 0 aromatic carbocycles. The van der Waals surface area contributed by atoms with Crippen LogP contribution in [0.5, 0.6) is 0 Å². The van der Waals surface area contributed by atoms with Crippen LogP contribution < -0.4 is 0 Å². The number of furan rings is 1. The third-order valence-electron chi connectivity index (χ3n) is 4.52. The van der Waals surface area contributed by atoms with Crippen LogP contribution in [0, 0.1) is 0 Å². The minimum absolute atomic E-state index is 0.120. The molecule has 2 aromatic rings. The van der Waals surface area contributed by atoms with Crippen molar-refractivity contribution < 1.29 is 12.8 Å². The van der Waals surface area contributed by atoms with Crippen LogP contribution in [-0.2, 0) is 23.0 Å². The van der Waals surface area contributed by atoms with Crippen molar-refractivity contribution in [1.29, 1.82) is 0 Å². The predicted octanol–water partition coefficient (Wildman–Crippen LogP) is 1.39. The normalized spacial score (nSPS) is 22.8. The summed E-state index contributed by atoms with van der Waals surface area (Å²) in [6.45, 7) is 1.96. The van der Waals surface area contributed by atoms with E-state index in [-0.39, 0.29) is 10.8 Å². The van der Waals surface area contributed by atoms with E-state index in [0.717, 1.165) is 43.9 Å². The number of nitrogens with zero attached hydrogens (tertiary/aromatic N) is 4. The van der Waals surface area contributed by atoms with Gasteiger partial charge in [-0.2, -0.15) is 4.31 Å². The fraction of sp³-hybridized carbons (Fsp3) is 0.571. The Labute approximate surface area is 129 Å². The summed E-state index contributed by atoms with van der Waals surface area (Å²) in [5.41, 5.74) is 0. The molecule has 1 unspecified atom stereocenters. The summed E-state index contributed by atoms with van der Waals surface area (Å²) in [7, 11) is -3.47. The molecule has 2 aromatic heterocycles. The van der Waals surface area contributed by atoms with Gasteiger partial charge < -0.3 is 8.98 Å². The van der Waals surface area contributed by atoms with Crippen LogP contribution in [-0.4, -0.2) is 40.6 Å². The number of rotatable bonds is 3. The van der Waals surface area contributed by atoms with E-state index in [4.69, 9.17) is 4.42 Å². The smallest absolute Gasteiger partial charge is 0.246 e. The molecule has 4 rings (SSSR count). The van der Waals surface area contributed by atoms with Crippen molar-refractivity contribution in [2.75, 3.05) is 13.1 Å². The zero-order chi connectivity index (χ0) is 15.2. The van der Waals surface area contributed by atoms with Gasteiger partial charge in [0.1, 0.15) is 22.8 Å². The lowest BCUT2D eigenvalue weighted by molar-refractivity contribution is 0.304. The Morgan fingerprint density at radius 1 is 1.23 bits per heavy atom. The van der Waals surface area contributed by atoms with Gasteiger partial charge in [0.2, 0.25) is 10.0 Å². The van der Waals surface area contributed by atoms with Crippen molar-refractivity contribution in [3.63, 3.8) is 0 Å². The molecule has 0 bridgehead atoms. The zero-order valence-corrected chi connectivity index (χ0v) is 13.0. The molecule has 0 saturated carbocycles. The number of aryl methyl sites for hydroxylation is 1. The van der Waals surface area contributed by atoms with Crippen molar-refractivity contribution in [1.82, 2.24) is 19.1 Å². The molecule has 22 heavy (non-hydrogen) atoms. The molecule has 1 fully saturated rings. The third-order valence-corrected chi connectivity index (χ3v) is 6.36. The Bertz CT molecular complexity index is 766. The molecule has 2 aliphatic heterocycles. The van der Waals surface area contributed by atoms with E-state index in [1.54, 1.807) is 4.31 Å². The molecule has 0 radical (unpaired) electrons. The average molecular weight is 322 g/mol. The van der Waals surface area contributed by atoms with Crippen LogP contribution in [0.25, 0.3) is 0 Å². The molecule has 1 saturated heterocycles. The quantitative estimate of drug-likeness (QED) is 0.853. The first-order chi connectivity index (χ1) is 10.7. The van der Waals surface area contributed by atoms with E-state index in [2.05, 4.69) is 14.8 Å². The molecule has 0 N–H and O–H groups in total. The predicted molar refractivity (Wildman–Crippen MR) is 77.8 cm³/mol. The number of aromatic nitrogens is 3. The maximum Gasteiger partial charge on any atom is 0.246 e. The molecule has 8 heteroatoms. The number of fused-ring (bicyclic) bond motifs is 1. The SMILES string of the molecule is O=S(=O)(c1ccoc1)N1CCCC(c2nnc3n2CCC3)C1. The molecule has 2 aliphatic rings. The standard InChI is InChI=1S/C14H18N4O3S/c19-22(20,12-5-8-21-10-12)17-6-1-3-11(9-17)14-16-15-13-4-2-7-18(13)14/h5,8,10-11H,1-4,6-7,9H2. The molecule has 7 nitrogen and oxygen atoms in total.